The highest BCUT2D eigenvalue weighted by Crippen LogP contribution is 2.22. The predicted molar refractivity (Wildman–Crippen MR) is 92.6 cm³/mol. The van der Waals surface area contributed by atoms with Crippen molar-refractivity contribution in [3.8, 4) is 0 Å². The van der Waals surface area contributed by atoms with Gasteiger partial charge < -0.3 is 5.32 Å². The lowest BCUT2D eigenvalue weighted by Crippen LogP contribution is -2.22. The van der Waals surface area contributed by atoms with E-state index in [0.717, 1.165) is 24.2 Å². The van der Waals surface area contributed by atoms with Gasteiger partial charge in [0, 0.05) is 14.5 Å². The summed E-state index contributed by atoms with van der Waals surface area (Å²) in [6.07, 6.45) is 0. The molecule has 0 saturated heterocycles. The number of thiazole rings is 1. The van der Waals surface area contributed by atoms with Crippen LogP contribution in [0.3, 0.4) is 0 Å². The molecule has 3 rings (SSSR count). The third-order valence-electron chi connectivity index (χ3n) is 2.86. The molecule has 0 spiro atoms. The van der Waals surface area contributed by atoms with Crippen molar-refractivity contribution < 1.29 is 4.79 Å². The molecule has 0 aliphatic heterocycles. The fourth-order valence-electron chi connectivity index (χ4n) is 1.94. The molecular formula is C15H10Br2N2OS. The van der Waals surface area contributed by atoms with Gasteiger partial charge in [0.2, 0.25) is 0 Å². The summed E-state index contributed by atoms with van der Waals surface area (Å²) in [6, 6.07) is 13.4. The highest BCUT2D eigenvalue weighted by atomic mass is 79.9. The Labute approximate surface area is 142 Å². The lowest BCUT2D eigenvalue weighted by atomic mass is 10.2. The molecule has 0 saturated carbocycles. The van der Waals surface area contributed by atoms with Crippen LogP contribution in [0.25, 0.3) is 10.2 Å². The average Bonchev–Trinajstić information content (AvgIpc) is 2.86. The van der Waals surface area contributed by atoms with Crippen molar-refractivity contribution in [2.24, 2.45) is 0 Å². The van der Waals surface area contributed by atoms with Crippen molar-refractivity contribution in [3.63, 3.8) is 0 Å². The molecule has 3 aromatic rings. The van der Waals surface area contributed by atoms with Gasteiger partial charge in [-0.3, -0.25) is 4.79 Å². The van der Waals surface area contributed by atoms with E-state index in [1.165, 1.54) is 0 Å². The standard InChI is InChI=1S/C15H10Br2N2OS/c16-10-5-9(6-11(17)7-10)15(20)18-8-14-19-12-3-1-2-4-13(12)21-14/h1-7H,8H2,(H,18,20). The first kappa shape index (κ1) is 14.7. The number of fused-ring (bicyclic) bond motifs is 1. The summed E-state index contributed by atoms with van der Waals surface area (Å²) < 4.78 is 2.86. The van der Waals surface area contributed by atoms with Crippen LogP contribution in [0.15, 0.2) is 51.4 Å². The monoisotopic (exact) mass is 424 g/mol. The van der Waals surface area contributed by atoms with Crippen LogP contribution in [-0.2, 0) is 6.54 Å². The Balaban J connectivity index is 1.73. The van der Waals surface area contributed by atoms with E-state index in [1.54, 1.807) is 23.5 Å². The highest BCUT2D eigenvalue weighted by molar-refractivity contribution is 9.11. The Morgan fingerprint density at radius 3 is 2.57 bits per heavy atom. The molecule has 0 aliphatic carbocycles. The van der Waals surface area contributed by atoms with Gasteiger partial charge in [-0.25, -0.2) is 4.98 Å². The number of hydrogen-bond acceptors (Lipinski definition) is 3. The van der Waals surface area contributed by atoms with Gasteiger partial charge in [-0.1, -0.05) is 44.0 Å². The van der Waals surface area contributed by atoms with E-state index in [2.05, 4.69) is 42.2 Å². The summed E-state index contributed by atoms with van der Waals surface area (Å²) in [5.74, 6) is -0.115. The zero-order valence-electron chi connectivity index (χ0n) is 10.8. The molecule has 3 nitrogen and oxygen atoms in total. The minimum atomic E-state index is -0.115. The van der Waals surface area contributed by atoms with Crippen molar-refractivity contribution in [2.45, 2.75) is 6.54 Å². The largest absolute Gasteiger partial charge is 0.346 e. The number of rotatable bonds is 3. The first-order valence-corrected chi connectivity index (χ1v) is 8.61. The van der Waals surface area contributed by atoms with Gasteiger partial charge in [-0.05, 0) is 30.3 Å². The summed E-state index contributed by atoms with van der Waals surface area (Å²) in [7, 11) is 0. The summed E-state index contributed by atoms with van der Waals surface area (Å²) in [5, 5.41) is 3.80. The van der Waals surface area contributed by atoms with E-state index in [0.29, 0.717) is 12.1 Å². The second-order valence-electron chi connectivity index (χ2n) is 4.42. The summed E-state index contributed by atoms with van der Waals surface area (Å²) in [4.78, 5) is 16.7. The SMILES string of the molecule is O=C(NCc1nc2ccccc2s1)c1cc(Br)cc(Br)c1. The molecule has 0 unspecified atom stereocenters. The van der Waals surface area contributed by atoms with Crippen molar-refractivity contribution >= 4 is 59.3 Å². The van der Waals surface area contributed by atoms with Crippen LogP contribution in [0.1, 0.15) is 15.4 Å². The minimum Gasteiger partial charge on any atom is -0.346 e. The molecular weight excluding hydrogens is 416 g/mol. The smallest absolute Gasteiger partial charge is 0.251 e. The van der Waals surface area contributed by atoms with Crippen LogP contribution in [0.5, 0.6) is 0 Å². The lowest BCUT2D eigenvalue weighted by molar-refractivity contribution is 0.0950. The minimum absolute atomic E-state index is 0.115. The van der Waals surface area contributed by atoms with Gasteiger partial charge in [0.1, 0.15) is 5.01 Å². The molecule has 1 N–H and O–H groups in total. The maximum atomic E-state index is 12.2. The Hall–Kier alpha value is -1.24. The maximum absolute atomic E-state index is 12.2. The van der Waals surface area contributed by atoms with E-state index < -0.39 is 0 Å². The van der Waals surface area contributed by atoms with Crippen molar-refractivity contribution in [2.75, 3.05) is 0 Å². The number of amides is 1. The number of carbonyl (C=O) groups excluding carboxylic acids is 1. The molecule has 0 atom stereocenters. The molecule has 106 valence electrons. The maximum Gasteiger partial charge on any atom is 0.251 e. The van der Waals surface area contributed by atoms with E-state index in [4.69, 9.17) is 0 Å². The topological polar surface area (TPSA) is 42.0 Å². The van der Waals surface area contributed by atoms with Crippen LogP contribution in [-0.4, -0.2) is 10.9 Å². The fraction of sp³-hybridized carbons (Fsp3) is 0.0667. The average molecular weight is 426 g/mol. The first-order chi connectivity index (χ1) is 10.1. The van der Waals surface area contributed by atoms with Crippen molar-refractivity contribution in [3.05, 3.63) is 62.0 Å². The zero-order chi connectivity index (χ0) is 14.8. The molecule has 0 radical (unpaired) electrons. The third-order valence-corrected chi connectivity index (χ3v) is 4.82. The predicted octanol–water partition coefficient (Wildman–Crippen LogP) is 4.75. The van der Waals surface area contributed by atoms with Crippen molar-refractivity contribution in [1.82, 2.24) is 10.3 Å². The highest BCUT2D eigenvalue weighted by Gasteiger charge is 2.09. The molecule has 1 heterocycles. The number of nitrogens with one attached hydrogen (secondary N) is 1. The number of aromatic nitrogens is 1. The zero-order valence-corrected chi connectivity index (χ0v) is 14.8. The Morgan fingerprint density at radius 1 is 1.14 bits per heavy atom. The van der Waals surface area contributed by atoms with Crippen LogP contribution in [0.2, 0.25) is 0 Å². The van der Waals surface area contributed by atoms with Crippen LogP contribution in [0.4, 0.5) is 0 Å². The molecule has 6 heteroatoms. The number of hydrogen-bond donors (Lipinski definition) is 1. The molecule has 2 aromatic carbocycles. The first-order valence-electron chi connectivity index (χ1n) is 6.20. The number of nitrogens with zero attached hydrogens (tertiary/aromatic N) is 1. The van der Waals surface area contributed by atoms with Gasteiger partial charge in [-0.2, -0.15) is 0 Å². The second kappa shape index (κ2) is 6.25. The number of para-hydroxylation sites is 1. The second-order valence-corrected chi connectivity index (χ2v) is 7.36. The van der Waals surface area contributed by atoms with E-state index >= 15 is 0 Å². The van der Waals surface area contributed by atoms with E-state index in [9.17, 15) is 4.79 Å². The summed E-state index contributed by atoms with van der Waals surface area (Å²) in [6.45, 7) is 0.433. The number of halogens is 2. The molecule has 0 fully saturated rings. The molecule has 1 amide bonds. The lowest BCUT2D eigenvalue weighted by Gasteiger charge is -2.04. The fourth-order valence-corrected chi connectivity index (χ4v) is 4.14. The third kappa shape index (κ3) is 3.51. The molecule has 0 aliphatic rings. The number of carbonyl (C=O) groups is 1. The van der Waals surface area contributed by atoms with Gasteiger partial charge >= 0.3 is 0 Å². The molecule has 21 heavy (non-hydrogen) atoms. The van der Waals surface area contributed by atoms with E-state index in [1.807, 2.05) is 30.3 Å². The normalized spacial score (nSPS) is 10.8. The Bertz CT molecular complexity index is 763. The molecule has 1 aromatic heterocycles. The van der Waals surface area contributed by atoms with Crippen LogP contribution < -0.4 is 5.32 Å². The van der Waals surface area contributed by atoms with Crippen molar-refractivity contribution in [1.29, 1.82) is 0 Å². The van der Waals surface area contributed by atoms with Gasteiger partial charge in [0.05, 0.1) is 16.8 Å². The van der Waals surface area contributed by atoms with Gasteiger partial charge in [0.15, 0.2) is 0 Å². The van der Waals surface area contributed by atoms with Gasteiger partial charge in [-0.15, -0.1) is 11.3 Å². The van der Waals surface area contributed by atoms with Crippen LogP contribution in [0, 0.1) is 0 Å². The van der Waals surface area contributed by atoms with Crippen LogP contribution >= 0.6 is 43.2 Å². The quantitative estimate of drug-likeness (QED) is 0.657. The molecule has 0 bridgehead atoms. The Kier molecular flexibility index (Phi) is 4.37. The Morgan fingerprint density at radius 2 is 1.86 bits per heavy atom. The number of benzene rings is 2. The van der Waals surface area contributed by atoms with E-state index in [-0.39, 0.29) is 5.91 Å². The van der Waals surface area contributed by atoms with Gasteiger partial charge in [0.25, 0.3) is 5.91 Å². The summed E-state index contributed by atoms with van der Waals surface area (Å²) >= 11 is 8.36. The summed E-state index contributed by atoms with van der Waals surface area (Å²) in [5.41, 5.74) is 1.58.